The summed E-state index contributed by atoms with van der Waals surface area (Å²) in [5, 5.41) is -0.192. The average Bonchev–Trinajstić information content (AvgIpc) is 2.97. The van der Waals surface area contributed by atoms with Crippen LogP contribution in [0.3, 0.4) is 0 Å². The highest BCUT2D eigenvalue weighted by atomic mass is 32.2. The molecule has 1 heterocycles. The Kier molecular flexibility index (Phi) is 9.07. The van der Waals surface area contributed by atoms with Gasteiger partial charge in [0.05, 0.1) is 25.3 Å². The molecule has 0 spiro atoms. The second-order valence-electron chi connectivity index (χ2n) is 6.25. The van der Waals surface area contributed by atoms with E-state index in [-0.39, 0.29) is 11.8 Å². The van der Waals surface area contributed by atoms with Gasteiger partial charge in [-0.2, -0.15) is 0 Å². The van der Waals surface area contributed by atoms with E-state index in [0.717, 1.165) is 36.3 Å². The summed E-state index contributed by atoms with van der Waals surface area (Å²) in [6.07, 6.45) is 5.15. The number of unbranched alkanes of at least 4 members (excludes halogenated alkanes) is 2. The van der Waals surface area contributed by atoms with E-state index in [1.165, 1.54) is 0 Å². The third-order valence-corrected chi connectivity index (χ3v) is 5.84. The van der Waals surface area contributed by atoms with E-state index in [1.54, 1.807) is 22.1 Å². The van der Waals surface area contributed by atoms with Crippen LogP contribution in [0.15, 0.2) is 40.8 Å². The van der Waals surface area contributed by atoms with E-state index >= 15 is 0 Å². The monoisotopic (exact) mass is 409 g/mol. The molecule has 0 aliphatic carbocycles. The Morgan fingerprint density at radius 2 is 1.81 bits per heavy atom. The first-order valence-corrected chi connectivity index (χ1v) is 10.6. The van der Waals surface area contributed by atoms with Crippen LogP contribution >= 0.6 is 24.6 Å². The van der Waals surface area contributed by atoms with Crippen LogP contribution in [0.2, 0.25) is 0 Å². The maximum absolute atomic E-state index is 12.5. The predicted octanol–water partition coefficient (Wildman–Crippen LogP) is 4.77. The Labute approximate surface area is 171 Å². The molecule has 0 radical (unpaired) electrons. The van der Waals surface area contributed by atoms with Gasteiger partial charge in [0.25, 0.3) is 0 Å². The zero-order valence-electron chi connectivity index (χ0n) is 15.8. The number of hydrogen-bond donors (Lipinski definition) is 1. The predicted molar refractivity (Wildman–Crippen MR) is 112 cm³/mol. The van der Waals surface area contributed by atoms with Gasteiger partial charge in [0.1, 0.15) is 5.37 Å². The minimum atomic E-state index is -0.464. The van der Waals surface area contributed by atoms with Gasteiger partial charge in [0.2, 0.25) is 0 Å². The van der Waals surface area contributed by atoms with Crippen molar-refractivity contribution in [1.29, 1.82) is 0 Å². The lowest BCUT2D eigenvalue weighted by molar-refractivity contribution is -0.146. The zero-order chi connectivity index (χ0) is 19.6. The number of thioether (sulfide) groups is 1. The normalized spacial score (nSPS) is 16.2. The smallest absolute Gasteiger partial charge is 0.334 e. The van der Waals surface area contributed by atoms with Crippen LogP contribution in [0.25, 0.3) is 0 Å². The standard InChI is InChI=1S/C20H27NO4S2/c1-3-5-11-24-19(22)14-15(20(23)25-12-6-4-2)13-18-21(26)16-9-7-8-10-17(16)27-18/h7-10,13,18,26H,3-6,11-12,14H2,1-2H3/t18-/m0/s1. The lowest BCUT2D eigenvalue weighted by Gasteiger charge is -2.18. The number of fused-ring (bicyclic) bond motifs is 1. The number of hydrogen-bond acceptors (Lipinski definition) is 7. The van der Waals surface area contributed by atoms with E-state index in [9.17, 15) is 9.59 Å². The fourth-order valence-corrected chi connectivity index (χ4v) is 4.08. The molecule has 1 aromatic rings. The Balaban J connectivity index is 2.10. The summed E-state index contributed by atoms with van der Waals surface area (Å²) in [7, 11) is 0. The summed E-state index contributed by atoms with van der Waals surface area (Å²) in [5.74, 6) is -0.873. The van der Waals surface area contributed by atoms with Crippen LogP contribution in [0.5, 0.6) is 0 Å². The van der Waals surface area contributed by atoms with E-state index in [2.05, 4.69) is 12.8 Å². The summed E-state index contributed by atoms with van der Waals surface area (Å²) < 4.78 is 12.3. The molecular formula is C20H27NO4S2. The minimum absolute atomic E-state index is 0.0936. The Morgan fingerprint density at radius 1 is 1.15 bits per heavy atom. The highest BCUT2D eigenvalue weighted by Crippen LogP contribution is 2.45. The molecule has 0 aromatic heterocycles. The highest BCUT2D eigenvalue weighted by Gasteiger charge is 2.28. The number of carbonyl (C=O) groups excluding carboxylic acids is 2. The van der Waals surface area contributed by atoms with Crippen molar-refractivity contribution in [3.05, 3.63) is 35.9 Å². The first-order chi connectivity index (χ1) is 13.1. The fourth-order valence-electron chi connectivity index (χ4n) is 2.48. The number of ether oxygens (including phenoxy) is 2. The van der Waals surface area contributed by atoms with Gasteiger partial charge in [0.15, 0.2) is 0 Å². The van der Waals surface area contributed by atoms with Crippen molar-refractivity contribution in [3.8, 4) is 0 Å². The quantitative estimate of drug-likeness (QED) is 0.260. The average molecular weight is 410 g/mol. The molecule has 0 fully saturated rings. The van der Waals surface area contributed by atoms with E-state index in [0.29, 0.717) is 18.8 Å². The topological polar surface area (TPSA) is 55.8 Å². The lowest BCUT2D eigenvalue weighted by Crippen LogP contribution is -2.21. The van der Waals surface area contributed by atoms with Crippen molar-refractivity contribution >= 4 is 42.2 Å². The van der Waals surface area contributed by atoms with Crippen LogP contribution < -0.4 is 4.31 Å². The van der Waals surface area contributed by atoms with Crippen molar-refractivity contribution in [2.75, 3.05) is 17.5 Å². The molecule has 0 saturated carbocycles. The van der Waals surface area contributed by atoms with Crippen LogP contribution in [-0.4, -0.2) is 30.5 Å². The Hall–Kier alpha value is -1.60. The van der Waals surface area contributed by atoms with Crippen LogP contribution in [0, 0.1) is 0 Å². The molecule has 1 aliphatic heterocycles. The second kappa shape index (κ2) is 11.3. The molecule has 0 saturated heterocycles. The number of rotatable bonds is 10. The molecule has 1 aliphatic rings. The van der Waals surface area contributed by atoms with Gasteiger partial charge in [0, 0.05) is 10.5 Å². The van der Waals surface area contributed by atoms with E-state index in [1.807, 2.05) is 38.1 Å². The molecule has 148 valence electrons. The van der Waals surface area contributed by atoms with Gasteiger partial charge in [-0.1, -0.05) is 63.4 Å². The van der Waals surface area contributed by atoms with Crippen LogP contribution in [0.4, 0.5) is 5.69 Å². The lowest BCUT2D eigenvalue weighted by atomic mass is 10.1. The maximum atomic E-state index is 12.5. The van der Waals surface area contributed by atoms with Crippen LogP contribution in [0.1, 0.15) is 46.0 Å². The molecule has 0 N–H and O–H groups in total. The number of thiol groups is 1. The molecule has 5 nitrogen and oxygen atoms in total. The molecule has 0 unspecified atom stereocenters. The van der Waals surface area contributed by atoms with E-state index < -0.39 is 11.9 Å². The van der Waals surface area contributed by atoms with Crippen molar-refractivity contribution in [2.45, 2.75) is 56.2 Å². The van der Waals surface area contributed by atoms with Crippen molar-refractivity contribution < 1.29 is 19.1 Å². The number of anilines is 1. The molecule has 0 bridgehead atoms. The van der Waals surface area contributed by atoms with E-state index in [4.69, 9.17) is 9.47 Å². The molecular weight excluding hydrogens is 382 g/mol. The van der Waals surface area contributed by atoms with Gasteiger partial charge in [-0.15, -0.1) is 0 Å². The zero-order valence-corrected chi connectivity index (χ0v) is 17.6. The van der Waals surface area contributed by atoms with Gasteiger partial charge in [-0.3, -0.25) is 4.79 Å². The fraction of sp³-hybridized carbons (Fsp3) is 0.500. The number of benzene rings is 1. The number of carbonyl (C=O) groups is 2. The second-order valence-corrected chi connectivity index (χ2v) is 7.84. The molecule has 0 amide bonds. The number of nitrogens with zero attached hydrogens (tertiary/aromatic N) is 1. The molecule has 1 atom stereocenters. The third kappa shape index (κ3) is 6.50. The Bertz CT molecular complexity index is 678. The van der Waals surface area contributed by atoms with Crippen molar-refractivity contribution in [1.82, 2.24) is 0 Å². The minimum Gasteiger partial charge on any atom is -0.465 e. The SMILES string of the molecule is CCCCOC(=O)CC(=C[C@@H]1Sc2ccccc2N1S)C(=O)OCCCC. The molecule has 2 rings (SSSR count). The van der Waals surface area contributed by atoms with Gasteiger partial charge >= 0.3 is 11.9 Å². The molecule has 7 heteroatoms. The first-order valence-electron chi connectivity index (χ1n) is 9.34. The largest absolute Gasteiger partial charge is 0.465 e. The maximum Gasteiger partial charge on any atom is 0.334 e. The van der Waals surface area contributed by atoms with Gasteiger partial charge in [-0.25, -0.2) is 4.79 Å². The van der Waals surface area contributed by atoms with Gasteiger partial charge in [-0.05, 0) is 31.1 Å². The summed E-state index contributed by atoms with van der Waals surface area (Å²) in [6, 6.07) is 7.89. The van der Waals surface area contributed by atoms with Gasteiger partial charge < -0.3 is 13.8 Å². The summed E-state index contributed by atoms with van der Waals surface area (Å²) in [6.45, 7) is 4.78. The number of para-hydroxylation sites is 1. The van der Waals surface area contributed by atoms with Crippen molar-refractivity contribution in [2.24, 2.45) is 0 Å². The highest BCUT2D eigenvalue weighted by molar-refractivity contribution is 8.01. The number of esters is 2. The van der Waals surface area contributed by atoms with Crippen LogP contribution in [-0.2, 0) is 19.1 Å². The molecule has 27 heavy (non-hydrogen) atoms. The first kappa shape index (κ1) is 21.7. The third-order valence-electron chi connectivity index (χ3n) is 4.03. The molecule has 1 aromatic carbocycles. The van der Waals surface area contributed by atoms with Crippen molar-refractivity contribution in [3.63, 3.8) is 0 Å². The Morgan fingerprint density at radius 3 is 2.48 bits per heavy atom. The summed E-state index contributed by atoms with van der Waals surface area (Å²) in [5.41, 5.74) is 1.30. The summed E-state index contributed by atoms with van der Waals surface area (Å²) in [4.78, 5) is 25.7. The summed E-state index contributed by atoms with van der Waals surface area (Å²) >= 11 is 6.13.